The predicted octanol–water partition coefficient (Wildman–Crippen LogP) is 2.97. The lowest BCUT2D eigenvalue weighted by Gasteiger charge is -2.26. The zero-order chi connectivity index (χ0) is 13.1. The second-order valence-electron chi connectivity index (χ2n) is 4.59. The van der Waals surface area contributed by atoms with Gasteiger partial charge in [-0.3, -0.25) is 4.79 Å². The lowest BCUT2D eigenvalue weighted by Crippen LogP contribution is -2.38. The van der Waals surface area contributed by atoms with Gasteiger partial charge in [-0.1, -0.05) is 15.9 Å². The zero-order valence-corrected chi connectivity index (χ0v) is 11.4. The highest BCUT2D eigenvalue weighted by atomic mass is 79.9. The van der Waals surface area contributed by atoms with Gasteiger partial charge in [-0.15, -0.1) is 0 Å². The van der Waals surface area contributed by atoms with Gasteiger partial charge in [-0.25, -0.2) is 4.39 Å². The SMILES string of the molecule is O=C(NC1CCC(Br)CC1)c1ccc(O)cc1F. The van der Waals surface area contributed by atoms with E-state index in [2.05, 4.69) is 21.2 Å². The Hall–Kier alpha value is -1.10. The van der Waals surface area contributed by atoms with Crippen LogP contribution in [0.25, 0.3) is 0 Å². The van der Waals surface area contributed by atoms with E-state index in [-0.39, 0.29) is 17.4 Å². The van der Waals surface area contributed by atoms with Crippen LogP contribution < -0.4 is 5.32 Å². The number of halogens is 2. The average molecular weight is 316 g/mol. The first kappa shape index (κ1) is 13.3. The number of phenols is 1. The Morgan fingerprint density at radius 1 is 1.33 bits per heavy atom. The summed E-state index contributed by atoms with van der Waals surface area (Å²) in [5, 5.41) is 11.9. The molecule has 3 nitrogen and oxygen atoms in total. The van der Waals surface area contributed by atoms with E-state index in [1.165, 1.54) is 12.1 Å². The molecule has 0 aromatic heterocycles. The highest BCUT2D eigenvalue weighted by Gasteiger charge is 2.22. The second kappa shape index (κ2) is 5.69. The van der Waals surface area contributed by atoms with Gasteiger partial charge in [-0.05, 0) is 37.8 Å². The quantitative estimate of drug-likeness (QED) is 0.824. The molecule has 98 valence electrons. The van der Waals surface area contributed by atoms with Crippen molar-refractivity contribution in [2.24, 2.45) is 0 Å². The third-order valence-electron chi connectivity index (χ3n) is 3.19. The van der Waals surface area contributed by atoms with Gasteiger partial charge < -0.3 is 10.4 Å². The maximum Gasteiger partial charge on any atom is 0.254 e. The third kappa shape index (κ3) is 3.22. The van der Waals surface area contributed by atoms with Gasteiger partial charge in [0.05, 0.1) is 5.56 Å². The van der Waals surface area contributed by atoms with Crippen LogP contribution >= 0.6 is 15.9 Å². The lowest BCUT2D eigenvalue weighted by molar-refractivity contribution is 0.0924. The Labute approximate surface area is 114 Å². The molecule has 1 amide bonds. The summed E-state index contributed by atoms with van der Waals surface area (Å²) in [7, 11) is 0. The van der Waals surface area contributed by atoms with Crippen LogP contribution in [0, 0.1) is 5.82 Å². The van der Waals surface area contributed by atoms with Gasteiger partial charge in [0.15, 0.2) is 0 Å². The molecule has 5 heteroatoms. The minimum Gasteiger partial charge on any atom is -0.508 e. The number of benzene rings is 1. The number of aromatic hydroxyl groups is 1. The molecule has 2 N–H and O–H groups in total. The number of amides is 1. The van der Waals surface area contributed by atoms with Crippen LogP contribution in [0.15, 0.2) is 18.2 Å². The highest BCUT2D eigenvalue weighted by Crippen LogP contribution is 2.24. The molecule has 2 rings (SSSR count). The summed E-state index contributed by atoms with van der Waals surface area (Å²) in [6.45, 7) is 0. The van der Waals surface area contributed by atoms with Crippen molar-refractivity contribution in [2.45, 2.75) is 36.6 Å². The molecular formula is C13H15BrFNO2. The molecule has 1 aromatic carbocycles. The van der Waals surface area contributed by atoms with E-state index in [0.29, 0.717) is 4.83 Å². The summed E-state index contributed by atoms with van der Waals surface area (Å²) >= 11 is 3.55. The standard InChI is InChI=1S/C13H15BrFNO2/c14-8-1-3-9(4-2-8)16-13(18)11-6-5-10(17)7-12(11)15/h5-9,17H,1-4H2,(H,16,18). The minimum absolute atomic E-state index is 0.0197. The molecule has 0 bridgehead atoms. The smallest absolute Gasteiger partial charge is 0.254 e. The van der Waals surface area contributed by atoms with Crippen molar-refractivity contribution < 1.29 is 14.3 Å². The van der Waals surface area contributed by atoms with Crippen LogP contribution in [0.5, 0.6) is 5.75 Å². The van der Waals surface area contributed by atoms with Crippen LogP contribution in [-0.2, 0) is 0 Å². The summed E-state index contributed by atoms with van der Waals surface area (Å²) in [6, 6.07) is 3.67. The van der Waals surface area contributed by atoms with Gasteiger partial charge in [0, 0.05) is 16.9 Å². The molecule has 0 atom stereocenters. The fraction of sp³-hybridized carbons (Fsp3) is 0.462. The topological polar surface area (TPSA) is 49.3 Å². The van der Waals surface area contributed by atoms with Crippen LogP contribution in [0.1, 0.15) is 36.0 Å². The second-order valence-corrected chi connectivity index (χ2v) is 5.88. The lowest BCUT2D eigenvalue weighted by atomic mass is 9.95. The third-order valence-corrected chi connectivity index (χ3v) is 4.10. The molecule has 0 heterocycles. The van der Waals surface area contributed by atoms with Crippen molar-refractivity contribution in [3.8, 4) is 5.75 Å². The number of carbonyl (C=O) groups excluding carboxylic acids is 1. The number of nitrogens with one attached hydrogen (secondary N) is 1. The van der Waals surface area contributed by atoms with Gasteiger partial charge in [0.2, 0.25) is 0 Å². The number of hydrogen-bond donors (Lipinski definition) is 2. The van der Waals surface area contributed by atoms with Crippen LogP contribution in [0.2, 0.25) is 0 Å². The molecule has 1 aromatic rings. The zero-order valence-electron chi connectivity index (χ0n) is 9.83. The van der Waals surface area contributed by atoms with E-state index >= 15 is 0 Å². The summed E-state index contributed by atoms with van der Waals surface area (Å²) in [6.07, 6.45) is 3.84. The fourth-order valence-corrected chi connectivity index (χ4v) is 2.68. The first-order valence-electron chi connectivity index (χ1n) is 5.99. The predicted molar refractivity (Wildman–Crippen MR) is 70.5 cm³/mol. The van der Waals surface area contributed by atoms with E-state index < -0.39 is 11.7 Å². The van der Waals surface area contributed by atoms with Gasteiger partial charge in [-0.2, -0.15) is 0 Å². The van der Waals surface area contributed by atoms with Crippen molar-refractivity contribution in [2.75, 3.05) is 0 Å². The average Bonchev–Trinajstić information content (AvgIpc) is 2.32. The van der Waals surface area contributed by atoms with E-state index in [1.807, 2.05) is 0 Å². The van der Waals surface area contributed by atoms with Crippen molar-refractivity contribution in [3.05, 3.63) is 29.6 Å². The normalized spacial score (nSPS) is 23.7. The van der Waals surface area contributed by atoms with Gasteiger partial charge in [0.25, 0.3) is 5.91 Å². The number of carbonyl (C=O) groups is 1. The molecule has 0 aliphatic heterocycles. The number of alkyl halides is 1. The molecule has 18 heavy (non-hydrogen) atoms. The molecule has 1 aliphatic rings. The van der Waals surface area contributed by atoms with E-state index in [0.717, 1.165) is 31.7 Å². The van der Waals surface area contributed by atoms with Crippen molar-refractivity contribution >= 4 is 21.8 Å². The molecule has 0 unspecified atom stereocenters. The first-order chi connectivity index (χ1) is 8.56. The Kier molecular flexibility index (Phi) is 4.22. The van der Waals surface area contributed by atoms with Crippen molar-refractivity contribution in [1.29, 1.82) is 0 Å². The molecule has 1 aliphatic carbocycles. The number of hydrogen-bond acceptors (Lipinski definition) is 2. The molecule has 1 saturated carbocycles. The van der Waals surface area contributed by atoms with Crippen LogP contribution in [0.4, 0.5) is 4.39 Å². The maximum atomic E-state index is 13.5. The number of rotatable bonds is 2. The van der Waals surface area contributed by atoms with E-state index in [9.17, 15) is 9.18 Å². The molecule has 0 spiro atoms. The minimum atomic E-state index is -0.693. The highest BCUT2D eigenvalue weighted by molar-refractivity contribution is 9.09. The van der Waals surface area contributed by atoms with Crippen molar-refractivity contribution in [3.63, 3.8) is 0 Å². The molecule has 0 saturated heterocycles. The summed E-state index contributed by atoms with van der Waals surface area (Å²) in [5.74, 6) is -1.28. The largest absolute Gasteiger partial charge is 0.508 e. The summed E-state index contributed by atoms with van der Waals surface area (Å²) < 4.78 is 13.5. The Bertz CT molecular complexity index is 445. The molecule has 0 radical (unpaired) electrons. The molecular weight excluding hydrogens is 301 g/mol. The maximum absolute atomic E-state index is 13.5. The Balaban J connectivity index is 1.99. The first-order valence-corrected chi connectivity index (χ1v) is 6.91. The van der Waals surface area contributed by atoms with Gasteiger partial charge >= 0.3 is 0 Å². The fourth-order valence-electron chi connectivity index (χ4n) is 2.15. The Morgan fingerprint density at radius 2 is 2.00 bits per heavy atom. The Morgan fingerprint density at radius 3 is 2.61 bits per heavy atom. The van der Waals surface area contributed by atoms with E-state index in [4.69, 9.17) is 5.11 Å². The monoisotopic (exact) mass is 315 g/mol. The summed E-state index contributed by atoms with van der Waals surface area (Å²) in [4.78, 5) is 12.4. The van der Waals surface area contributed by atoms with E-state index in [1.54, 1.807) is 0 Å². The van der Waals surface area contributed by atoms with Crippen LogP contribution in [-0.4, -0.2) is 21.9 Å². The number of phenolic OH excluding ortho intramolecular Hbond substituents is 1. The van der Waals surface area contributed by atoms with Gasteiger partial charge in [0.1, 0.15) is 11.6 Å². The summed E-state index contributed by atoms with van der Waals surface area (Å²) in [5.41, 5.74) is -0.0197. The van der Waals surface area contributed by atoms with Crippen molar-refractivity contribution in [1.82, 2.24) is 5.32 Å². The van der Waals surface area contributed by atoms with Crippen LogP contribution in [0.3, 0.4) is 0 Å². The molecule has 1 fully saturated rings.